The van der Waals surface area contributed by atoms with Gasteiger partial charge in [-0.3, -0.25) is 10.1 Å². The van der Waals surface area contributed by atoms with E-state index in [0.717, 1.165) is 25.7 Å². The predicted molar refractivity (Wildman–Crippen MR) is 67.4 cm³/mol. The van der Waals surface area contributed by atoms with Crippen LogP contribution in [0.3, 0.4) is 0 Å². The topological polar surface area (TPSA) is 66.0 Å². The van der Waals surface area contributed by atoms with Crippen molar-refractivity contribution in [3.05, 3.63) is 0 Å². The van der Waals surface area contributed by atoms with Crippen molar-refractivity contribution in [3.63, 3.8) is 0 Å². The third-order valence-corrected chi connectivity index (χ3v) is 3.98. The molecule has 1 saturated carbocycles. The summed E-state index contributed by atoms with van der Waals surface area (Å²) in [5, 5.41) is 3.09. The van der Waals surface area contributed by atoms with E-state index in [-0.39, 0.29) is 17.9 Å². The van der Waals surface area contributed by atoms with Crippen molar-refractivity contribution in [1.82, 2.24) is 5.32 Å². The molecule has 1 saturated heterocycles. The highest BCUT2D eigenvalue weighted by atomic mass is 16.7. The van der Waals surface area contributed by atoms with E-state index in [4.69, 9.17) is 18.9 Å². The predicted octanol–water partition coefficient (Wildman–Crippen LogP) is 0.655. The molecule has 2 aliphatic rings. The highest BCUT2D eigenvalue weighted by Gasteiger charge is 2.43. The summed E-state index contributed by atoms with van der Waals surface area (Å²) in [4.78, 5) is 11.8. The second-order valence-electron chi connectivity index (χ2n) is 5.08. The van der Waals surface area contributed by atoms with Gasteiger partial charge in [-0.05, 0) is 18.8 Å². The van der Waals surface area contributed by atoms with Crippen molar-refractivity contribution in [3.8, 4) is 0 Å². The van der Waals surface area contributed by atoms with Crippen LogP contribution >= 0.6 is 0 Å². The van der Waals surface area contributed by atoms with Crippen LogP contribution in [-0.2, 0) is 23.7 Å². The van der Waals surface area contributed by atoms with Crippen LogP contribution < -0.4 is 5.32 Å². The molecule has 6 nitrogen and oxygen atoms in total. The molecule has 0 radical (unpaired) electrons. The molecule has 1 aliphatic carbocycles. The monoisotopic (exact) mass is 273 g/mol. The largest absolute Gasteiger partial charge is 0.468 e. The van der Waals surface area contributed by atoms with Gasteiger partial charge in [0.05, 0.1) is 27.1 Å². The molecule has 6 heteroatoms. The third kappa shape index (κ3) is 3.45. The van der Waals surface area contributed by atoms with E-state index in [1.54, 1.807) is 7.11 Å². The van der Waals surface area contributed by atoms with Crippen molar-refractivity contribution in [1.29, 1.82) is 0 Å². The fourth-order valence-corrected chi connectivity index (χ4v) is 2.94. The summed E-state index contributed by atoms with van der Waals surface area (Å²) in [7, 11) is 3.01. The highest BCUT2D eigenvalue weighted by molar-refractivity contribution is 5.76. The first-order valence-corrected chi connectivity index (χ1v) is 6.79. The Labute approximate surface area is 113 Å². The Kier molecular flexibility index (Phi) is 5.15. The average Bonchev–Trinajstić information content (AvgIpc) is 2.89. The van der Waals surface area contributed by atoms with Crippen molar-refractivity contribution >= 4 is 5.97 Å². The van der Waals surface area contributed by atoms with Gasteiger partial charge in [-0.2, -0.15) is 0 Å². The zero-order chi connectivity index (χ0) is 13.7. The molecular formula is C13H23NO5. The number of ether oxygens (including phenoxy) is 4. The van der Waals surface area contributed by atoms with E-state index in [9.17, 15) is 4.79 Å². The summed E-state index contributed by atoms with van der Waals surface area (Å²) >= 11 is 0. The number of hydrogen-bond acceptors (Lipinski definition) is 6. The van der Waals surface area contributed by atoms with Gasteiger partial charge in [0.2, 0.25) is 0 Å². The molecule has 1 aliphatic heterocycles. The molecule has 1 N–H and O–H groups in total. The van der Waals surface area contributed by atoms with Crippen LogP contribution in [0.2, 0.25) is 0 Å². The molecule has 2 fully saturated rings. The summed E-state index contributed by atoms with van der Waals surface area (Å²) in [6, 6.07) is -0.316. The van der Waals surface area contributed by atoms with E-state index < -0.39 is 5.79 Å². The number of hydrogen-bond donors (Lipinski definition) is 1. The van der Waals surface area contributed by atoms with E-state index in [0.29, 0.717) is 19.9 Å². The lowest BCUT2D eigenvalue weighted by molar-refractivity contribution is -0.185. The maximum atomic E-state index is 11.8. The van der Waals surface area contributed by atoms with Crippen molar-refractivity contribution in [2.75, 3.05) is 34.2 Å². The molecule has 0 aromatic heterocycles. The average molecular weight is 273 g/mol. The number of methoxy groups -OCH3 is 2. The molecule has 1 atom stereocenters. The number of carbonyl (C=O) groups is 1. The van der Waals surface area contributed by atoms with Crippen molar-refractivity contribution in [2.24, 2.45) is 5.92 Å². The van der Waals surface area contributed by atoms with Gasteiger partial charge in [0.15, 0.2) is 5.79 Å². The minimum absolute atomic E-state index is 0.230. The van der Waals surface area contributed by atoms with Gasteiger partial charge in [0.25, 0.3) is 0 Å². The van der Waals surface area contributed by atoms with Crippen LogP contribution in [-0.4, -0.2) is 52.0 Å². The first-order chi connectivity index (χ1) is 9.21. The minimum Gasteiger partial charge on any atom is -0.468 e. The Hall–Kier alpha value is -0.690. The molecule has 0 amide bonds. The van der Waals surface area contributed by atoms with E-state index >= 15 is 0 Å². The van der Waals surface area contributed by atoms with Gasteiger partial charge >= 0.3 is 5.97 Å². The minimum atomic E-state index is -0.390. The van der Waals surface area contributed by atoms with Gasteiger partial charge in [-0.15, -0.1) is 0 Å². The molecule has 0 aromatic carbocycles. The summed E-state index contributed by atoms with van der Waals surface area (Å²) in [5.74, 6) is -0.384. The van der Waals surface area contributed by atoms with Gasteiger partial charge < -0.3 is 18.9 Å². The smallest absolute Gasteiger partial charge is 0.323 e. The summed E-state index contributed by atoms with van der Waals surface area (Å²) < 4.78 is 21.2. The fourth-order valence-electron chi connectivity index (χ4n) is 2.94. The fraction of sp³-hybridized carbons (Fsp3) is 0.923. The number of esters is 1. The maximum absolute atomic E-state index is 11.8. The van der Waals surface area contributed by atoms with Crippen LogP contribution in [0, 0.1) is 5.92 Å². The number of carbonyl (C=O) groups excluding carboxylic acids is 1. The van der Waals surface area contributed by atoms with Crippen molar-refractivity contribution in [2.45, 2.75) is 37.5 Å². The second kappa shape index (κ2) is 6.65. The highest BCUT2D eigenvalue weighted by Crippen LogP contribution is 2.39. The maximum Gasteiger partial charge on any atom is 0.323 e. The van der Waals surface area contributed by atoms with E-state index in [2.05, 4.69) is 5.32 Å². The lowest BCUT2D eigenvalue weighted by atomic mass is 9.80. The van der Waals surface area contributed by atoms with Crippen LogP contribution in [0.15, 0.2) is 0 Å². The summed E-state index contributed by atoms with van der Waals surface area (Å²) in [6.45, 7) is 1.69. The van der Waals surface area contributed by atoms with Gasteiger partial charge in [-0.1, -0.05) is 0 Å². The zero-order valence-electron chi connectivity index (χ0n) is 11.6. The number of nitrogens with one attached hydrogen (secondary N) is 1. The van der Waals surface area contributed by atoms with Gasteiger partial charge in [-0.25, -0.2) is 0 Å². The Morgan fingerprint density at radius 1 is 1.32 bits per heavy atom. The Bertz CT molecular complexity index is 293. The lowest BCUT2D eigenvalue weighted by Crippen LogP contribution is -2.48. The van der Waals surface area contributed by atoms with Crippen LogP contribution in [0.5, 0.6) is 0 Å². The normalized spacial score (nSPS) is 24.5. The molecule has 2 rings (SSSR count). The van der Waals surface area contributed by atoms with Crippen LogP contribution in [0.4, 0.5) is 0 Å². The Morgan fingerprint density at radius 3 is 2.47 bits per heavy atom. The Morgan fingerprint density at radius 2 is 1.95 bits per heavy atom. The first kappa shape index (κ1) is 14.7. The molecule has 19 heavy (non-hydrogen) atoms. The summed E-state index contributed by atoms with van der Waals surface area (Å²) in [5.41, 5.74) is 0. The molecular weight excluding hydrogens is 250 g/mol. The molecule has 0 aromatic rings. The SMILES string of the molecule is COCNC(C(=O)OC)C1CCC2(CC1)OCCO2. The molecule has 1 unspecified atom stereocenters. The van der Waals surface area contributed by atoms with E-state index in [1.807, 2.05) is 0 Å². The molecule has 110 valence electrons. The summed E-state index contributed by atoms with van der Waals surface area (Å²) in [6.07, 6.45) is 3.44. The molecule has 1 spiro atoms. The molecule has 1 heterocycles. The van der Waals surface area contributed by atoms with E-state index in [1.165, 1.54) is 7.11 Å². The van der Waals surface area contributed by atoms with Crippen LogP contribution in [0.25, 0.3) is 0 Å². The lowest BCUT2D eigenvalue weighted by Gasteiger charge is -2.37. The second-order valence-corrected chi connectivity index (χ2v) is 5.08. The van der Waals surface area contributed by atoms with Gasteiger partial charge in [0, 0.05) is 20.0 Å². The van der Waals surface area contributed by atoms with Gasteiger partial charge in [0.1, 0.15) is 6.04 Å². The van der Waals surface area contributed by atoms with Crippen molar-refractivity contribution < 1.29 is 23.7 Å². The number of rotatable bonds is 5. The Balaban J connectivity index is 1.90. The molecule has 0 bridgehead atoms. The third-order valence-electron chi connectivity index (χ3n) is 3.98. The standard InChI is InChI=1S/C13H23NO5/c1-16-9-14-11(12(15)17-2)10-3-5-13(6-4-10)18-7-8-19-13/h10-11,14H,3-9H2,1-2H3. The zero-order valence-corrected chi connectivity index (χ0v) is 11.6. The first-order valence-electron chi connectivity index (χ1n) is 6.79. The van der Waals surface area contributed by atoms with Crippen LogP contribution in [0.1, 0.15) is 25.7 Å². The quantitative estimate of drug-likeness (QED) is 0.586.